The molecule has 0 fully saturated rings. The van der Waals surface area contributed by atoms with E-state index in [0.717, 1.165) is 10.2 Å². The highest BCUT2D eigenvalue weighted by Gasteiger charge is 2.08. The number of benzene rings is 2. The molecular formula is C20H18ClN3O4S. The maximum atomic E-state index is 12.4. The minimum Gasteiger partial charge on any atom is -0.380 e. The summed E-state index contributed by atoms with van der Waals surface area (Å²) in [6.45, 7) is 3.60. The van der Waals surface area contributed by atoms with Gasteiger partial charge in [-0.2, -0.15) is 4.99 Å². The molecule has 9 heteroatoms. The van der Waals surface area contributed by atoms with Gasteiger partial charge in [0.2, 0.25) is 0 Å². The highest BCUT2D eigenvalue weighted by Crippen LogP contribution is 2.22. The average Bonchev–Trinajstić information content (AvgIpc) is 3.03. The van der Waals surface area contributed by atoms with Crippen LogP contribution in [0, 0.1) is 10.1 Å². The van der Waals surface area contributed by atoms with E-state index in [2.05, 4.69) is 4.99 Å². The van der Waals surface area contributed by atoms with E-state index in [-0.39, 0.29) is 5.69 Å². The lowest BCUT2D eigenvalue weighted by atomic mass is 10.2. The van der Waals surface area contributed by atoms with E-state index in [1.807, 2.05) is 23.6 Å². The van der Waals surface area contributed by atoms with E-state index in [1.165, 1.54) is 29.5 Å². The van der Waals surface area contributed by atoms with Crippen molar-refractivity contribution in [3.05, 3.63) is 74.0 Å². The molecule has 0 spiro atoms. The van der Waals surface area contributed by atoms with Gasteiger partial charge in [-0.05, 0) is 48.9 Å². The minimum atomic E-state index is -0.470. The third kappa shape index (κ3) is 5.38. The summed E-state index contributed by atoms with van der Waals surface area (Å²) in [4.78, 5) is 27.4. The molecule has 0 aliphatic carbocycles. The third-order valence-corrected chi connectivity index (χ3v) is 5.31. The smallest absolute Gasteiger partial charge is 0.272 e. The molecule has 0 N–H and O–H groups in total. The molecule has 0 unspecified atom stereocenters. The predicted octanol–water partition coefficient (Wildman–Crippen LogP) is 4.44. The zero-order valence-electron chi connectivity index (χ0n) is 15.6. The van der Waals surface area contributed by atoms with Crippen LogP contribution in [0.2, 0.25) is 5.02 Å². The van der Waals surface area contributed by atoms with Crippen molar-refractivity contribution in [2.75, 3.05) is 13.2 Å². The molecule has 0 saturated carbocycles. The van der Waals surface area contributed by atoms with E-state index in [4.69, 9.17) is 16.3 Å². The second-order valence-electron chi connectivity index (χ2n) is 5.98. The molecule has 3 rings (SSSR count). The average molecular weight is 432 g/mol. The van der Waals surface area contributed by atoms with Crippen molar-refractivity contribution in [2.24, 2.45) is 4.99 Å². The van der Waals surface area contributed by atoms with Crippen molar-refractivity contribution in [2.45, 2.75) is 13.5 Å². The molecule has 0 bridgehead atoms. The number of thiazole rings is 1. The first-order chi connectivity index (χ1) is 14.0. The van der Waals surface area contributed by atoms with Gasteiger partial charge in [0.1, 0.15) is 0 Å². The van der Waals surface area contributed by atoms with Gasteiger partial charge in [-0.15, -0.1) is 0 Å². The third-order valence-electron chi connectivity index (χ3n) is 4.04. The first kappa shape index (κ1) is 20.9. The monoisotopic (exact) mass is 431 g/mol. The molecular weight excluding hydrogens is 414 g/mol. The summed E-state index contributed by atoms with van der Waals surface area (Å²) in [5, 5.41) is 11.3. The number of amides is 1. The number of carbonyl (C=O) groups is 1. The normalized spacial score (nSPS) is 12.1. The van der Waals surface area contributed by atoms with Crippen molar-refractivity contribution in [1.29, 1.82) is 0 Å². The summed E-state index contributed by atoms with van der Waals surface area (Å²) in [5.74, 6) is -0.425. The van der Waals surface area contributed by atoms with E-state index < -0.39 is 10.8 Å². The van der Waals surface area contributed by atoms with Gasteiger partial charge in [0.05, 0.1) is 21.7 Å². The molecule has 0 saturated heterocycles. The Kier molecular flexibility index (Phi) is 6.92. The van der Waals surface area contributed by atoms with Crippen molar-refractivity contribution in [1.82, 2.24) is 4.57 Å². The first-order valence-corrected chi connectivity index (χ1v) is 10.0. The quantitative estimate of drug-likeness (QED) is 0.239. The molecule has 0 aliphatic heterocycles. The Labute approximate surface area is 175 Å². The molecule has 29 heavy (non-hydrogen) atoms. The van der Waals surface area contributed by atoms with Gasteiger partial charge in [0.25, 0.3) is 11.6 Å². The van der Waals surface area contributed by atoms with Crippen LogP contribution in [0.1, 0.15) is 12.5 Å². The fourth-order valence-corrected chi connectivity index (χ4v) is 3.99. The molecule has 7 nitrogen and oxygen atoms in total. The number of carbonyl (C=O) groups excluding carboxylic acids is 1. The number of halogens is 1. The van der Waals surface area contributed by atoms with Crippen molar-refractivity contribution >= 4 is 50.8 Å². The summed E-state index contributed by atoms with van der Waals surface area (Å²) in [5.41, 5.74) is 1.61. The van der Waals surface area contributed by atoms with Crippen molar-refractivity contribution in [3.63, 3.8) is 0 Å². The van der Waals surface area contributed by atoms with Crippen LogP contribution in [-0.4, -0.2) is 28.6 Å². The van der Waals surface area contributed by atoms with Crippen LogP contribution in [0.4, 0.5) is 5.69 Å². The fourth-order valence-electron chi connectivity index (χ4n) is 2.65. The molecule has 150 valence electrons. The molecule has 2 aromatic carbocycles. The Morgan fingerprint density at radius 1 is 1.31 bits per heavy atom. The van der Waals surface area contributed by atoms with Crippen LogP contribution in [0.3, 0.4) is 0 Å². The fraction of sp³-hybridized carbons (Fsp3) is 0.200. The van der Waals surface area contributed by atoms with Crippen LogP contribution in [0.25, 0.3) is 16.3 Å². The number of fused-ring (bicyclic) bond motifs is 1. The second kappa shape index (κ2) is 9.60. The molecule has 1 amide bonds. The summed E-state index contributed by atoms with van der Waals surface area (Å²) in [6.07, 6.45) is 2.91. The van der Waals surface area contributed by atoms with Crippen molar-refractivity contribution in [3.8, 4) is 0 Å². The standard InChI is InChI=1S/C20H18ClN3O4S/c1-2-28-12-11-23-17-9-6-15(21)13-18(17)29-20(23)22-19(25)10-5-14-3-7-16(8-4-14)24(26)27/h3-10,13H,2,11-12H2,1H3. The van der Waals surface area contributed by atoms with E-state index in [1.54, 1.807) is 24.3 Å². The zero-order chi connectivity index (χ0) is 20.8. The van der Waals surface area contributed by atoms with Gasteiger partial charge in [0.15, 0.2) is 4.80 Å². The molecule has 1 aromatic heterocycles. The van der Waals surface area contributed by atoms with Crippen LogP contribution >= 0.6 is 22.9 Å². The first-order valence-electron chi connectivity index (χ1n) is 8.86. The Balaban J connectivity index is 1.88. The number of hydrogen-bond acceptors (Lipinski definition) is 5. The number of rotatable bonds is 7. The van der Waals surface area contributed by atoms with Gasteiger partial charge < -0.3 is 9.30 Å². The second-order valence-corrected chi connectivity index (χ2v) is 7.42. The SMILES string of the molecule is CCOCCn1c(=NC(=O)C=Cc2ccc([N+](=O)[O-])cc2)sc2cc(Cl)ccc21. The summed E-state index contributed by atoms with van der Waals surface area (Å²) in [7, 11) is 0. The zero-order valence-corrected chi connectivity index (χ0v) is 17.2. The van der Waals surface area contributed by atoms with Crippen LogP contribution < -0.4 is 4.80 Å². The van der Waals surface area contributed by atoms with Gasteiger partial charge in [-0.1, -0.05) is 22.9 Å². The number of nitro benzene ring substituents is 1. The van der Waals surface area contributed by atoms with Crippen LogP contribution in [-0.2, 0) is 16.1 Å². The lowest BCUT2D eigenvalue weighted by Gasteiger charge is -2.05. The van der Waals surface area contributed by atoms with E-state index >= 15 is 0 Å². The largest absolute Gasteiger partial charge is 0.380 e. The number of nitrogens with zero attached hydrogens (tertiary/aromatic N) is 3. The topological polar surface area (TPSA) is 86.7 Å². The van der Waals surface area contributed by atoms with Gasteiger partial charge >= 0.3 is 0 Å². The Hall–Kier alpha value is -2.81. The maximum absolute atomic E-state index is 12.4. The van der Waals surface area contributed by atoms with E-state index in [0.29, 0.717) is 35.1 Å². The highest BCUT2D eigenvalue weighted by atomic mass is 35.5. The van der Waals surface area contributed by atoms with Gasteiger partial charge in [0, 0.05) is 36.4 Å². The van der Waals surface area contributed by atoms with E-state index in [9.17, 15) is 14.9 Å². The number of aromatic nitrogens is 1. The predicted molar refractivity (Wildman–Crippen MR) is 114 cm³/mol. The Morgan fingerprint density at radius 2 is 2.07 bits per heavy atom. The number of non-ortho nitro benzene ring substituents is 1. The summed E-state index contributed by atoms with van der Waals surface area (Å²) >= 11 is 7.46. The molecule has 0 atom stereocenters. The maximum Gasteiger partial charge on any atom is 0.272 e. The van der Waals surface area contributed by atoms with Gasteiger partial charge in [-0.25, -0.2) is 0 Å². The lowest BCUT2D eigenvalue weighted by molar-refractivity contribution is -0.384. The van der Waals surface area contributed by atoms with Gasteiger partial charge in [-0.3, -0.25) is 14.9 Å². The number of ether oxygens (including phenoxy) is 1. The minimum absolute atomic E-state index is 0.00237. The molecule has 0 aliphatic rings. The molecule has 0 radical (unpaired) electrons. The Morgan fingerprint density at radius 3 is 2.76 bits per heavy atom. The number of hydrogen-bond donors (Lipinski definition) is 0. The summed E-state index contributed by atoms with van der Waals surface area (Å²) in [6, 6.07) is 11.5. The van der Waals surface area contributed by atoms with Crippen molar-refractivity contribution < 1.29 is 14.5 Å². The Bertz CT molecular complexity index is 1130. The van der Waals surface area contributed by atoms with Crippen LogP contribution in [0.5, 0.6) is 0 Å². The molecule has 1 heterocycles. The lowest BCUT2D eigenvalue weighted by Crippen LogP contribution is -2.19. The highest BCUT2D eigenvalue weighted by molar-refractivity contribution is 7.16. The van der Waals surface area contributed by atoms with Crippen LogP contribution in [0.15, 0.2) is 53.5 Å². The number of nitro groups is 1. The summed E-state index contributed by atoms with van der Waals surface area (Å²) < 4.78 is 8.31. The molecule has 3 aromatic rings.